The Hall–Kier alpha value is -4.25. The van der Waals surface area contributed by atoms with Crippen LogP contribution in [-0.4, -0.2) is 21.4 Å². The maximum atomic E-state index is 13.3. The Bertz CT molecular complexity index is 1240. The first-order valence-electron chi connectivity index (χ1n) is 10.1. The van der Waals surface area contributed by atoms with E-state index in [4.69, 9.17) is 0 Å². The van der Waals surface area contributed by atoms with Gasteiger partial charge in [0.2, 0.25) is 0 Å². The average Bonchev–Trinajstić information content (AvgIpc) is 3.46. The molecule has 1 aliphatic rings. The molecule has 0 atom stereocenters. The van der Waals surface area contributed by atoms with Gasteiger partial charge in [-0.1, -0.05) is 60.7 Å². The number of hydrogen-bond acceptors (Lipinski definition) is 3. The second kappa shape index (κ2) is 8.24. The summed E-state index contributed by atoms with van der Waals surface area (Å²) in [5.74, 6) is -0.117. The van der Waals surface area contributed by atoms with E-state index in [2.05, 4.69) is 22.3 Å². The van der Waals surface area contributed by atoms with Gasteiger partial charge in [0.25, 0.3) is 5.91 Å². The van der Waals surface area contributed by atoms with E-state index in [1.165, 1.54) is 5.01 Å². The molecule has 5 heteroatoms. The summed E-state index contributed by atoms with van der Waals surface area (Å²) in [6.07, 6.45) is 6.15. The molecule has 0 N–H and O–H groups in total. The van der Waals surface area contributed by atoms with Gasteiger partial charge in [0.05, 0.1) is 22.7 Å². The zero-order valence-electron chi connectivity index (χ0n) is 16.8. The van der Waals surface area contributed by atoms with Gasteiger partial charge < -0.3 is 0 Å². The monoisotopic (exact) mass is 404 g/mol. The number of carbonyl (C=O) groups excluding carboxylic acids is 1. The Labute approximate surface area is 180 Å². The van der Waals surface area contributed by atoms with Crippen LogP contribution in [0.4, 0.5) is 5.69 Å². The molecule has 0 fully saturated rings. The van der Waals surface area contributed by atoms with Gasteiger partial charge in [0.1, 0.15) is 0 Å². The zero-order valence-corrected chi connectivity index (χ0v) is 16.8. The largest absolute Gasteiger partial charge is 0.280 e. The third-order valence-electron chi connectivity index (χ3n) is 5.14. The molecule has 5 rings (SSSR count). The minimum atomic E-state index is -0.117. The number of para-hydroxylation sites is 1. The Morgan fingerprint density at radius 2 is 1.48 bits per heavy atom. The number of anilines is 1. The van der Waals surface area contributed by atoms with E-state index in [-0.39, 0.29) is 5.91 Å². The molecule has 0 unspecified atom stereocenters. The lowest BCUT2D eigenvalue weighted by Crippen LogP contribution is -2.21. The predicted octanol–water partition coefficient (Wildman–Crippen LogP) is 4.90. The molecule has 2 heterocycles. The summed E-state index contributed by atoms with van der Waals surface area (Å²) in [6.45, 7) is 0. The summed E-state index contributed by atoms with van der Waals surface area (Å²) >= 11 is 0. The normalized spacial score (nSPS) is 14.8. The van der Waals surface area contributed by atoms with Crippen LogP contribution in [0.2, 0.25) is 0 Å². The van der Waals surface area contributed by atoms with Crippen molar-refractivity contribution in [2.24, 2.45) is 5.10 Å². The van der Waals surface area contributed by atoms with Crippen LogP contribution in [0.15, 0.2) is 114 Å². The highest BCUT2D eigenvalue weighted by Gasteiger charge is 2.31. The molecular weight excluding hydrogens is 384 g/mol. The Kier molecular flexibility index (Phi) is 4.99. The molecule has 0 aliphatic carbocycles. The van der Waals surface area contributed by atoms with Crippen LogP contribution in [0.1, 0.15) is 11.1 Å². The van der Waals surface area contributed by atoms with E-state index in [0.717, 1.165) is 28.2 Å². The molecule has 5 nitrogen and oxygen atoms in total. The Morgan fingerprint density at radius 3 is 2.16 bits per heavy atom. The van der Waals surface area contributed by atoms with Crippen LogP contribution in [-0.2, 0) is 11.2 Å². The van der Waals surface area contributed by atoms with Crippen LogP contribution in [0.5, 0.6) is 0 Å². The number of amides is 1. The smallest absolute Gasteiger partial charge is 0.267 e. The molecule has 31 heavy (non-hydrogen) atoms. The van der Waals surface area contributed by atoms with Crippen molar-refractivity contribution in [3.8, 4) is 5.69 Å². The number of nitrogens with zero attached hydrogens (tertiary/aromatic N) is 4. The lowest BCUT2D eigenvalue weighted by atomic mass is 10.00. The number of rotatable bonds is 5. The standard InChI is InChI=1S/C26H20N4O/c31-26-24(18-21-12-14-22(15-13-21)29-17-7-16-27-29)25(19-20-8-3-1-4-9-20)28-30(26)23-10-5-2-6-11-23/h1-18H,19H2/b24-18-. The molecular formula is C26H20N4O. The maximum Gasteiger partial charge on any atom is 0.280 e. The van der Waals surface area contributed by atoms with Gasteiger partial charge in [-0.05, 0) is 47.5 Å². The SMILES string of the molecule is O=C1/C(=C\c2ccc(-n3cccn3)cc2)C(Cc2ccccc2)=NN1c1ccccc1. The van der Waals surface area contributed by atoms with Crippen molar-refractivity contribution < 1.29 is 4.79 Å². The minimum absolute atomic E-state index is 0.117. The minimum Gasteiger partial charge on any atom is -0.267 e. The van der Waals surface area contributed by atoms with Crippen molar-refractivity contribution in [3.63, 3.8) is 0 Å². The first kappa shape index (κ1) is 18.8. The van der Waals surface area contributed by atoms with Crippen molar-refractivity contribution in [1.29, 1.82) is 0 Å². The van der Waals surface area contributed by atoms with Crippen molar-refractivity contribution in [2.45, 2.75) is 6.42 Å². The topological polar surface area (TPSA) is 50.5 Å². The Balaban J connectivity index is 1.50. The first-order valence-corrected chi connectivity index (χ1v) is 10.1. The third-order valence-corrected chi connectivity index (χ3v) is 5.14. The van der Waals surface area contributed by atoms with Crippen LogP contribution in [0.25, 0.3) is 11.8 Å². The lowest BCUT2D eigenvalue weighted by molar-refractivity contribution is -0.114. The molecule has 1 aromatic heterocycles. The van der Waals surface area contributed by atoms with Crippen LogP contribution < -0.4 is 5.01 Å². The summed E-state index contributed by atoms with van der Waals surface area (Å²) in [4.78, 5) is 13.3. The van der Waals surface area contributed by atoms with Gasteiger partial charge in [-0.3, -0.25) is 4.79 Å². The predicted molar refractivity (Wildman–Crippen MR) is 123 cm³/mol. The highest BCUT2D eigenvalue weighted by atomic mass is 16.2. The van der Waals surface area contributed by atoms with Gasteiger partial charge in [-0.2, -0.15) is 15.2 Å². The zero-order chi connectivity index (χ0) is 21.0. The first-order chi connectivity index (χ1) is 15.3. The van der Waals surface area contributed by atoms with Crippen molar-refractivity contribution >= 4 is 23.4 Å². The van der Waals surface area contributed by atoms with E-state index in [1.807, 2.05) is 91.1 Å². The molecule has 1 amide bonds. The number of benzene rings is 3. The lowest BCUT2D eigenvalue weighted by Gasteiger charge is -2.11. The van der Waals surface area contributed by atoms with Crippen molar-refractivity contribution in [3.05, 3.63) is 120 Å². The number of hydrazone groups is 1. The third kappa shape index (κ3) is 3.94. The summed E-state index contributed by atoms with van der Waals surface area (Å²) in [5.41, 5.74) is 5.15. The highest BCUT2D eigenvalue weighted by Crippen LogP contribution is 2.26. The van der Waals surface area contributed by atoms with Gasteiger partial charge in [0.15, 0.2) is 0 Å². The number of carbonyl (C=O) groups is 1. The maximum absolute atomic E-state index is 13.3. The van der Waals surface area contributed by atoms with Crippen LogP contribution in [0.3, 0.4) is 0 Å². The molecule has 0 radical (unpaired) electrons. The van der Waals surface area contributed by atoms with Crippen molar-refractivity contribution in [1.82, 2.24) is 9.78 Å². The van der Waals surface area contributed by atoms with E-state index >= 15 is 0 Å². The van der Waals surface area contributed by atoms with E-state index in [1.54, 1.807) is 10.9 Å². The molecule has 0 saturated heterocycles. The molecule has 3 aromatic carbocycles. The van der Waals surface area contributed by atoms with Crippen LogP contribution in [0, 0.1) is 0 Å². The van der Waals surface area contributed by atoms with Gasteiger partial charge in [0, 0.05) is 18.8 Å². The average molecular weight is 404 g/mol. The van der Waals surface area contributed by atoms with Crippen LogP contribution >= 0.6 is 0 Å². The molecule has 150 valence electrons. The van der Waals surface area contributed by atoms with Gasteiger partial charge in [-0.15, -0.1) is 0 Å². The molecule has 0 spiro atoms. The Morgan fingerprint density at radius 1 is 0.774 bits per heavy atom. The fourth-order valence-electron chi connectivity index (χ4n) is 3.58. The number of hydrogen-bond donors (Lipinski definition) is 0. The fourth-order valence-corrected chi connectivity index (χ4v) is 3.58. The second-order valence-corrected chi connectivity index (χ2v) is 7.26. The molecule has 0 saturated carbocycles. The van der Waals surface area contributed by atoms with E-state index < -0.39 is 0 Å². The summed E-state index contributed by atoms with van der Waals surface area (Å²) in [5, 5.41) is 10.4. The van der Waals surface area contributed by atoms with Gasteiger partial charge >= 0.3 is 0 Å². The summed E-state index contributed by atoms with van der Waals surface area (Å²) < 4.78 is 1.80. The van der Waals surface area contributed by atoms with Crippen molar-refractivity contribution in [2.75, 3.05) is 5.01 Å². The van der Waals surface area contributed by atoms with E-state index in [9.17, 15) is 4.79 Å². The summed E-state index contributed by atoms with van der Waals surface area (Å²) in [7, 11) is 0. The summed E-state index contributed by atoms with van der Waals surface area (Å²) in [6, 6.07) is 29.5. The number of aromatic nitrogens is 2. The quantitative estimate of drug-likeness (QED) is 0.444. The molecule has 4 aromatic rings. The van der Waals surface area contributed by atoms with Gasteiger partial charge in [-0.25, -0.2) is 4.68 Å². The molecule has 1 aliphatic heterocycles. The van der Waals surface area contributed by atoms with E-state index in [0.29, 0.717) is 12.0 Å². The molecule has 0 bridgehead atoms. The highest BCUT2D eigenvalue weighted by molar-refractivity contribution is 6.33. The fraction of sp³-hybridized carbons (Fsp3) is 0.0385. The second-order valence-electron chi connectivity index (χ2n) is 7.26.